The summed E-state index contributed by atoms with van der Waals surface area (Å²) in [6.45, 7) is 9.54. The van der Waals surface area contributed by atoms with Crippen molar-refractivity contribution >= 4 is 12.0 Å². The zero-order valence-corrected chi connectivity index (χ0v) is 19.5. The van der Waals surface area contributed by atoms with E-state index in [9.17, 15) is 4.79 Å². The molecule has 0 heterocycles. The number of hydrogen-bond acceptors (Lipinski definition) is 3. The van der Waals surface area contributed by atoms with E-state index < -0.39 is 0 Å². The van der Waals surface area contributed by atoms with Crippen molar-refractivity contribution in [3.63, 3.8) is 0 Å². The van der Waals surface area contributed by atoms with Crippen LogP contribution in [-0.2, 0) is 9.53 Å². The largest absolute Gasteiger partial charge is 0.494 e. The summed E-state index contributed by atoms with van der Waals surface area (Å²) in [4.78, 5) is 11.9. The molecule has 1 aromatic rings. The van der Waals surface area contributed by atoms with Crippen molar-refractivity contribution in [2.45, 2.75) is 97.3 Å². The molecule has 0 aromatic heterocycles. The van der Waals surface area contributed by atoms with E-state index in [0.29, 0.717) is 18.9 Å². The number of carbonyl (C=O) groups excluding carboxylic acids is 1. The van der Waals surface area contributed by atoms with Crippen LogP contribution in [0.5, 0.6) is 5.75 Å². The summed E-state index contributed by atoms with van der Waals surface area (Å²) >= 11 is 0. The quantitative estimate of drug-likeness (QED) is 0.169. The van der Waals surface area contributed by atoms with Crippen molar-refractivity contribution < 1.29 is 14.3 Å². The number of ether oxygens (including phenoxy) is 2. The van der Waals surface area contributed by atoms with Gasteiger partial charge in [-0.3, -0.25) is 4.79 Å². The van der Waals surface area contributed by atoms with Crippen LogP contribution < -0.4 is 4.74 Å². The standard InChI is InChI=1S/C27H44O3/c1-4-7-16-25(6-3)23-30-27(28)17-14-12-10-8-9-11-13-15-22-29-26-20-18-24(5-2)19-21-26/h5,18-21,25H,2,4,6-17,22-23H2,1,3H3. The second-order valence-electron chi connectivity index (χ2n) is 8.30. The highest BCUT2D eigenvalue weighted by atomic mass is 16.5. The molecule has 0 aliphatic rings. The third-order valence-electron chi connectivity index (χ3n) is 5.68. The van der Waals surface area contributed by atoms with Gasteiger partial charge in [0.15, 0.2) is 0 Å². The van der Waals surface area contributed by atoms with Gasteiger partial charge < -0.3 is 9.47 Å². The van der Waals surface area contributed by atoms with Gasteiger partial charge in [0.1, 0.15) is 5.75 Å². The van der Waals surface area contributed by atoms with Gasteiger partial charge in [0.25, 0.3) is 0 Å². The first-order valence-electron chi connectivity index (χ1n) is 12.2. The lowest BCUT2D eigenvalue weighted by molar-refractivity contribution is -0.145. The minimum Gasteiger partial charge on any atom is -0.494 e. The van der Waals surface area contributed by atoms with Crippen molar-refractivity contribution in [1.29, 1.82) is 0 Å². The van der Waals surface area contributed by atoms with Gasteiger partial charge in [-0.25, -0.2) is 0 Å². The molecule has 1 atom stereocenters. The molecule has 0 fully saturated rings. The van der Waals surface area contributed by atoms with Crippen LogP contribution in [0.4, 0.5) is 0 Å². The third kappa shape index (κ3) is 13.5. The molecule has 0 amide bonds. The van der Waals surface area contributed by atoms with Gasteiger partial charge in [0.05, 0.1) is 13.2 Å². The summed E-state index contributed by atoms with van der Waals surface area (Å²) in [6.07, 6.45) is 16.6. The summed E-state index contributed by atoms with van der Waals surface area (Å²) in [5.74, 6) is 1.46. The Hall–Kier alpha value is -1.77. The van der Waals surface area contributed by atoms with E-state index in [2.05, 4.69) is 20.4 Å². The van der Waals surface area contributed by atoms with Crippen LogP contribution in [0, 0.1) is 5.92 Å². The molecule has 3 nitrogen and oxygen atoms in total. The highest BCUT2D eigenvalue weighted by Crippen LogP contribution is 2.15. The smallest absolute Gasteiger partial charge is 0.305 e. The normalized spacial score (nSPS) is 11.8. The number of rotatable bonds is 19. The van der Waals surface area contributed by atoms with Crippen LogP contribution in [-0.4, -0.2) is 19.2 Å². The second kappa shape index (κ2) is 18.0. The maximum Gasteiger partial charge on any atom is 0.305 e. The highest BCUT2D eigenvalue weighted by Gasteiger charge is 2.09. The minimum atomic E-state index is -0.0101. The molecule has 3 heteroatoms. The lowest BCUT2D eigenvalue weighted by atomic mass is 10.0. The van der Waals surface area contributed by atoms with E-state index in [1.807, 2.05) is 30.3 Å². The van der Waals surface area contributed by atoms with E-state index in [-0.39, 0.29) is 5.97 Å². The van der Waals surface area contributed by atoms with E-state index in [0.717, 1.165) is 43.6 Å². The molecule has 0 bridgehead atoms. The lowest BCUT2D eigenvalue weighted by Crippen LogP contribution is -2.13. The Morgan fingerprint density at radius 3 is 2.17 bits per heavy atom. The zero-order valence-electron chi connectivity index (χ0n) is 19.5. The van der Waals surface area contributed by atoms with Gasteiger partial charge in [0, 0.05) is 6.42 Å². The SMILES string of the molecule is C=Cc1ccc(OCCCCCCCCCCC(=O)OCC(CC)CCCC)cc1. The van der Waals surface area contributed by atoms with Crippen LogP contribution in [0.15, 0.2) is 30.8 Å². The van der Waals surface area contributed by atoms with Gasteiger partial charge >= 0.3 is 5.97 Å². The molecule has 0 saturated carbocycles. The fourth-order valence-corrected chi connectivity index (χ4v) is 3.50. The van der Waals surface area contributed by atoms with E-state index in [1.165, 1.54) is 51.4 Å². The average Bonchev–Trinajstić information content (AvgIpc) is 2.78. The molecule has 0 spiro atoms. The van der Waals surface area contributed by atoms with Gasteiger partial charge in [-0.2, -0.15) is 0 Å². The van der Waals surface area contributed by atoms with Crippen LogP contribution in [0.3, 0.4) is 0 Å². The lowest BCUT2D eigenvalue weighted by Gasteiger charge is -2.14. The Kier molecular flexibility index (Phi) is 15.8. The Bertz CT molecular complexity index is 550. The Morgan fingerprint density at radius 2 is 1.57 bits per heavy atom. The van der Waals surface area contributed by atoms with Crippen LogP contribution in [0.1, 0.15) is 103 Å². The van der Waals surface area contributed by atoms with Crippen molar-refractivity contribution in [2.24, 2.45) is 5.92 Å². The van der Waals surface area contributed by atoms with Crippen LogP contribution >= 0.6 is 0 Å². The molecule has 1 rings (SSSR count). The van der Waals surface area contributed by atoms with Crippen LogP contribution in [0.2, 0.25) is 0 Å². The monoisotopic (exact) mass is 416 g/mol. The predicted molar refractivity (Wildman–Crippen MR) is 128 cm³/mol. The maximum absolute atomic E-state index is 11.9. The Balaban J connectivity index is 1.88. The molecule has 170 valence electrons. The fraction of sp³-hybridized carbons (Fsp3) is 0.667. The second-order valence-corrected chi connectivity index (χ2v) is 8.30. The first-order valence-corrected chi connectivity index (χ1v) is 12.2. The molecular weight excluding hydrogens is 372 g/mol. The number of hydrogen-bond donors (Lipinski definition) is 0. The molecule has 0 radical (unpaired) electrons. The van der Waals surface area contributed by atoms with Gasteiger partial charge in [-0.1, -0.05) is 96.4 Å². The fourth-order valence-electron chi connectivity index (χ4n) is 3.50. The summed E-state index contributed by atoms with van der Waals surface area (Å²) in [5.41, 5.74) is 1.12. The number of carbonyl (C=O) groups is 1. The first-order chi connectivity index (χ1) is 14.7. The third-order valence-corrected chi connectivity index (χ3v) is 5.68. The molecule has 1 aromatic carbocycles. The van der Waals surface area contributed by atoms with E-state index in [4.69, 9.17) is 9.47 Å². The summed E-state index contributed by atoms with van der Waals surface area (Å²) in [6, 6.07) is 8.05. The Morgan fingerprint density at radius 1 is 0.933 bits per heavy atom. The molecule has 30 heavy (non-hydrogen) atoms. The summed E-state index contributed by atoms with van der Waals surface area (Å²) in [7, 11) is 0. The highest BCUT2D eigenvalue weighted by molar-refractivity contribution is 5.69. The summed E-state index contributed by atoms with van der Waals surface area (Å²) in [5, 5.41) is 0. The average molecular weight is 417 g/mol. The zero-order chi connectivity index (χ0) is 21.9. The van der Waals surface area contributed by atoms with Crippen molar-refractivity contribution in [1.82, 2.24) is 0 Å². The number of unbranched alkanes of at least 4 members (excludes halogenated alkanes) is 8. The number of benzene rings is 1. The topological polar surface area (TPSA) is 35.5 Å². The molecule has 0 aliphatic carbocycles. The van der Waals surface area contributed by atoms with Crippen molar-refractivity contribution in [3.05, 3.63) is 36.4 Å². The molecule has 0 aliphatic heterocycles. The van der Waals surface area contributed by atoms with Gasteiger partial charge in [0.2, 0.25) is 0 Å². The minimum absolute atomic E-state index is 0.0101. The predicted octanol–water partition coefficient (Wildman–Crippen LogP) is 7.98. The van der Waals surface area contributed by atoms with Crippen molar-refractivity contribution in [3.8, 4) is 5.75 Å². The van der Waals surface area contributed by atoms with E-state index in [1.54, 1.807) is 0 Å². The summed E-state index contributed by atoms with van der Waals surface area (Å²) < 4.78 is 11.2. The molecule has 0 saturated heterocycles. The number of esters is 1. The van der Waals surface area contributed by atoms with Gasteiger partial charge in [-0.15, -0.1) is 0 Å². The van der Waals surface area contributed by atoms with Crippen molar-refractivity contribution in [2.75, 3.05) is 13.2 Å². The van der Waals surface area contributed by atoms with Gasteiger partial charge in [-0.05, 0) is 42.9 Å². The van der Waals surface area contributed by atoms with E-state index >= 15 is 0 Å². The maximum atomic E-state index is 11.9. The van der Waals surface area contributed by atoms with Crippen LogP contribution in [0.25, 0.3) is 6.08 Å². The first kappa shape index (κ1) is 26.3. The molecular formula is C27H44O3. The molecule has 0 N–H and O–H groups in total. The molecule has 1 unspecified atom stereocenters. The Labute approximate surface area is 185 Å².